The van der Waals surface area contributed by atoms with Crippen molar-refractivity contribution in [2.75, 3.05) is 13.2 Å². The summed E-state index contributed by atoms with van der Waals surface area (Å²) in [5.74, 6) is -0.0298. The number of rotatable bonds is 5. The molecule has 3 heterocycles. The summed E-state index contributed by atoms with van der Waals surface area (Å²) in [6, 6.07) is 4.13. The number of hydrogen-bond donors (Lipinski definition) is 1. The summed E-state index contributed by atoms with van der Waals surface area (Å²) in [5, 5.41) is 3.01. The van der Waals surface area contributed by atoms with Gasteiger partial charge in [-0.2, -0.15) is 0 Å². The summed E-state index contributed by atoms with van der Waals surface area (Å²) in [5.41, 5.74) is 2.87. The van der Waals surface area contributed by atoms with Crippen LogP contribution in [0, 0.1) is 6.92 Å². The van der Waals surface area contributed by atoms with Crippen LogP contribution in [0.1, 0.15) is 35.1 Å². The molecule has 118 valence electrons. The lowest BCUT2D eigenvalue weighted by atomic mass is 10.2. The third kappa shape index (κ3) is 3.10. The first kappa shape index (κ1) is 15.3. The van der Waals surface area contributed by atoms with Crippen molar-refractivity contribution in [1.29, 1.82) is 0 Å². The van der Waals surface area contributed by atoms with E-state index in [0.29, 0.717) is 18.8 Å². The Morgan fingerprint density at radius 2 is 2.36 bits per heavy atom. The molecule has 4 nitrogen and oxygen atoms in total. The molecule has 1 atom stereocenters. The molecule has 0 unspecified atom stereocenters. The predicted molar refractivity (Wildman–Crippen MR) is 90.7 cm³/mol. The van der Waals surface area contributed by atoms with E-state index in [-0.39, 0.29) is 12.0 Å². The highest BCUT2D eigenvalue weighted by Crippen LogP contribution is 2.29. The maximum atomic E-state index is 12.5. The van der Waals surface area contributed by atoms with Gasteiger partial charge in [-0.05, 0) is 38.8 Å². The molecule has 1 aliphatic rings. The van der Waals surface area contributed by atoms with Crippen molar-refractivity contribution in [3.05, 3.63) is 34.9 Å². The molecule has 1 amide bonds. The number of ether oxygens (including phenoxy) is 1. The van der Waals surface area contributed by atoms with Gasteiger partial charge in [-0.25, -0.2) is 0 Å². The number of carbonyl (C=O) groups is 1. The van der Waals surface area contributed by atoms with Gasteiger partial charge in [-0.15, -0.1) is 11.3 Å². The highest BCUT2D eigenvalue weighted by Gasteiger charge is 2.20. The van der Waals surface area contributed by atoms with Crippen LogP contribution >= 0.6 is 11.3 Å². The number of hydrogen-bond acceptors (Lipinski definition) is 3. The van der Waals surface area contributed by atoms with Gasteiger partial charge in [0.05, 0.1) is 16.3 Å². The second-order valence-corrected chi connectivity index (χ2v) is 7.31. The molecule has 0 aromatic carbocycles. The molecule has 0 bridgehead atoms. The molecule has 0 spiro atoms. The summed E-state index contributed by atoms with van der Waals surface area (Å²) in [7, 11) is 0. The van der Waals surface area contributed by atoms with E-state index >= 15 is 0 Å². The van der Waals surface area contributed by atoms with Crippen molar-refractivity contribution < 1.29 is 9.53 Å². The van der Waals surface area contributed by atoms with Gasteiger partial charge in [0.15, 0.2) is 0 Å². The lowest BCUT2D eigenvalue weighted by Gasteiger charge is -2.13. The molecule has 0 saturated carbocycles. The van der Waals surface area contributed by atoms with E-state index in [0.717, 1.165) is 35.2 Å². The van der Waals surface area contributed by atoms with Gasteiger partial charge in [0.2, 0.25) is 0 Å². The van der Waals surface area contributed by atoms with Crippen molar-refractivity contribution in [1.82, 2.24) is 9.88 Å². The Balaban J connectivity index is 1.82. The Hall–Kier alpha value is -1.59. The molecule has 5 heteroatoms. The lowest BCUT2D eigenvalue weighted by Crippen LogP contribution is -2.33. The third-order valence-electron chi connectivity index (χ3n) is 3.89. The molecule has 1 aliphatic heterocycles. The van der Waals surface area contributed by atoms with E-state index in [1.807, 2.05) is 13.0 Å². The number of carbonyl (C=O) groups excluding carboxylic acids is 1. The fraction of sp³-hybridized carbons (Fsp3) is 0.471. The first-order valence-corrected chi connectivity index (χ1v) is 8.50. The average molecular weight is 318 g/mol. The summed E-state index contributed by atoms with van der Waals surface area (Å²) in [6.07, 6.45) is 2.28. The summed E-state index contributed by atoms with van der Waals surface area (Å²) >= 11 is 1.72. The molecule has 2 aromatic rings. The van der Waals surface area contributed by atoms with Crippen LogP contribution < -0.4 is 5.32 Å². The number of nitrogens with one attached hydrogen (secondary N) is 1. The van der Waals surface area contributed by atoms with Crippen molar-refractivity contribution >= 4 is 27.5 Å². The van der Waals surface area contributed by atoms with Crippen LogP contribution in [0.3, 0.4) is 0 Å². The van der Waals surface area contributed by atoms with E-state index in [9.17, 15) is 4.79 Å². The average Bonchev–Trinajstić information content (AvgIpc) is 3.14. The predicted octanol–water partition coefficient (Wildman–Crippen LogP) is 3.50. The normalized spacial score (nSPS) is 18.0. The number of nitrogens with zero attached hydrogens (tertiary/aromatic N) is 1. The van der Waals surface area contributed by atoms with E-state index in [4.69, 9.17) is 4.74 Å². The number of allylic oxidation sites excluding steroid dienone is 1. The van der Waals surface area contributed by atoms with Crippen LogP contribution in [0.5, 0.6) is 0 Å². The number of aryl methyl sites for hydroxylation is 1. The summed E-state index contributed by atoms with van der Waals surface area (Å²) in [4.78, 5) is 13.8. The van der Waals surface area contributed by atoms with E-state index in [2.05, 4.69) is 29.5 Å². The molecule has 3 rings (SSSR count). The van der Waals surface area contributed by atoms with Crippen LogP contribution in [0.4, 0.5) is 0 Å². The van der Waals surface area contributed by atoms with E-state index < -0.39 is 0 Å². The number of amides is 1. The molecule has 2 aromatic heterocycles. The molecule has 22 heavy (non-hydrogen) atoms. The van der Waals surface area contributed by atoms with Gasteiger partial charge in [0.25, 0.3) is 5.91 Å². The zero-order valence-electron chi connectivity index (χ0n) is 13.1. The van der Waals surface area contributed by atoms with Crippen molar-refractivity contribution in [3.63, 3.8) is 0 Å². The molecule has 0 aliphatic carbocycles. The monoisotopic (exact) mass is 318 g/mol. The van der Waals surface area contributed by atoms with E-state index in [1.54, 1.807) is 11.3 Å². The van der Waals surface area contributed by atoms with Gasteiger partial charge in [-0.3, -0.25) is 4.79 Å². The topological polar surface area (TPSA) is 43.3 Å². The highest BCUT2D eigenvalue weighted by molar-refractivity contribution is 7.19. The molecule has 0 radical (unpaired) electrons. The maximum Gasteiger partial charge on any atom is 0.268 e. The number of fused-ring (bicyclic) bond motifs is 1. The third-order valence-corrected chi connectivity index (χ3v) is 4.87. The smallest absolute Gasteiger partial charge is 0.268 e. The Morgan fingerprint density at radius 3 is 3.05 bits per heavy atom. The summed E-state index contributed by atoms with van der Waals surface area (Å²) < 4.78 is 8.78. The van der Waals surface area contributed by atoms with Crippen LogP contribution in [0.25, 0.3) is 10.2 Å². The fourth-order valence-electron chi connectivity index (χ4n) is 2.90. The second-order valence-electron chi connectivity index (χ2n) is 6.02. The van der Waals surface area contributed by atoms with Crippen LogP contribution in [0.2, 0.25) is 0 Å². The fourth-order valence-corrected chi connectivity index (χ4v) is 3.86. The van der Waals surface area contributed by atoms with Gasteiger partial charge in [0, 0.05) is 24.6 Å². The second kappa shape index (κ2) is 6.26. The number of thiophene rings is 1. The maximum absolute atomic E-state index is 12.5. The Morgan fingerprint density at radius 1 is 1.55 bits per heavy atom. The van der Waals surface area contributed by atoms with Gasteiger partial charge >= 0.3 is 0 Å². The van der Waals surface area contributed by atoms with Crippen LogP contribution in [0.15, 0.2) is 24.3 Å². The quantitative estimate of drug-likeness (QED) is 0.858. The Kier molecular flexibility index (Phi) is 4.36. The zero-order chi connectivity index (χ0) is 15.7. The molecule has 1 fully saturated rings. The van der Waals surface area contributed by atoms with Crippen molar-refractivity contribution in [3.8, 4) is 0 Å². The number of aromatic nitrogens is 1. The highest BCUT2D eigenvalue weighted by atomic mass is 32.1. The zero-order valence-corrected chi connectivity index (χ0v) is 14.0. The Labute approximate surface area is 134 Å². The minimum atomic E-state index is -0.0298. The largest absolute Gasteiger partial charge is 0.376 e. The van der Waals surface area contributed by atoms with Gasteiger partial charge in [0.1, 0.15) is 5.69 Å². The van der Waals surface area contributed by atoms with Crippen molar-refractivity contribution in [2.24, 2.45) is 0 Å². The Bertz CT molecular complexity index is 708. The van der Waals surface area contributed by atoms with Crippen LogP contribution in [-0.2, 0) is 11.3 Å². The van der Waals surface area contributed by atoms with Crippen LogP contribution in [-0.4, -0.2) is 29.7 Å². The SMILES string of the molecule is C=C(C)Cn1c(C(=O)NC[C@@H]2CCCO2)cc2sc(C)cc21. The lowest BCUT2D eigenvalue weighted by molar-refractivity contribution is 0.0851. The standard InChI is InChI=1S/C17H22N2O2S/c1-11(2)10-19-14-7-12(3)22-16(14)8-15(19)17(20)18-9-13-5-4-6-21-13/h7-8,13H,1,4-6,9-10H2,2-3H3,(H,18,20)/t13-/m0/s1. The molecule has 1 saturated heterocycles. The first-order chi connectivity index (χ1) is 10.5. The molecular weight excluding hydrogens is 296 g/mol. The first-order valence-electron chi connectivity index (χ1n) is 7.68. The molecule has 1 N–H and O–H groups in total. The minimum absolute atomic E-state index is 0.0298. The van der Waals surface area contributed by atoms with Gasteiger partial charge < -0.3 is 14.6 Å². The molecular formula is C17H22N2O2S. The summed E-state index contributed by atoms with van der Waals surface area (Å²) in [6.45, 7) is 10.1. The van der Waals surface area contributed by atoms with Crippen molar-refractivity contribution in [2.45, 2.75) is 39.3 Å². The van der Waals surface area contributed by atoms with Gasteiger partial charge in [-0.1, -0.05) is 12.2 Å². The minimum Gasteiger partial charge on any atom is -0.376 e. The van der Waals surface area contributed by atoms with E-state index in [1.165, 1.54) is 4.88 Å².